The summed E-state index contributed by atoms with van der Waals surface area (Å²) in [5.41, 5.74) is 2.61. The van der Waals surface area contributed by atoms with Crippen LogP contribution in [0, 0.1) is 0 Å². The van der Waals surface area contributed by atoms with Crippen molar-refractivity contribution in [2.45, 2.75) is 18.6 Å². The predicted octanol–water partition coefficient (Wildman–Crippen LogP) is 4.85. The number of benzene rings is 3. The summed E-state index contributed by atoms with van der Waals surface area (Å²) in [6.07, 6.45) is 0. The molecule has 3 aromatic carbocycles. The topological polar surface area (TPSA) is 87.5 Å². The average Bonchev–Trinajstić information content (AvgIpc) is 3.51. The van der Waals surface area contributed by atoms with Crippen molar-refractivity contribution in [3.63, 3.8) is 0 Å². The summed E-state index contributed by atoms with van der Waals surface area (Å²) in [5.74, 6) is 2.85. The Morgan fingerprint density at radius 3 is 2.69 bits per heavy atom. The number of aromatic nitrogens is 3. The lowest BCUT2D eigenvalue weighted by molar-refractivity contribution is -0.113. The van der Waals surface area contributed by atoms with Gasteiger partial charge in [-0.1, -0.05) is 60.3 Å². The second-order valence-electron chi connectivity index (χ2n) is 7.71. The lowest BCUT2D eigenvalue weighted by atomic mass is 10.2. The Balaban J connectivity index is 1.36. The molecule has 2 heterocycles. The number of carbonyl (C=O) groups excluding carboxylic acids is 1. The molecule has 0 aliphatic carbocycles. The van der Waals surface area contributed by atoms with E-state index in [1.54, 1.807) is 0 Å². The van der Waals surface area contributed by atoms with Crippen molar-refractivity contribution in [1.29, 1.82) is 0 Å². The Labute approximate surface area is 207 Å². The fourth-order valence-electron chi connectivity index (χ4n) is 3.73. The fraction of sp³-hybridized carbons (Fsp3) is 0.192. The third-order valence-corrected chi connectivity index (χ3v) is 6.29. The molecule has 4 aromatic rings. The largest absolute Gasteiger partial charge is 0.492 e. The maximum absolute atomic E-state index is 12.7. The molecule has 1 aliphatic heterocycles. The molecule has 0 fully saturated rings. The van der Waals surface area contributed by atoms with Crippen LogP contribution in [0.1, 0.15) is 12.5 Å². The molecule has 9 heteroatoms. The number of amides is 1. The molecule has 0 bridgehead atoms. The first kappa shape index (κ1) is 22.8. The van der Waals surface area contributed by atoms with Gasteiger partial charge in [0.2, 0.25) is 12.7 Å². The van der Waals surface area contributed by atoms with Gasteiger partial charge in [0, 0.05) is 5.56 Å². The normalized spacial score (nSPS) is 11.9. The maximum Gasteiger partial charge on any atom is 0.234 e. The Hall–Kier alpha value is -3.98. The van der Waals surface area contributed by atoms with Crippen LogP contribution < -0.4 is 19.5 Å². The lowest BCUT2D eigenvalue weighted by Gasteiger charge is -2.12. The van der Waals surface area contributed by atoms with E-state index in [0.29, 0.717) is 29.7 Å². The van der Waals surface area contributed by atoms with Gasteiger partial charge in [0.1, 0.15) is 5.75 Å². The number of hydrogen-bond donors (Lipinski definition) is 1. The van der Waals surface area contributed by atoms with Gasteiger partial charge in [-0.15, -0.1) is 10.2 Å². The van der Waals surface area contributed by atoms with Crippen LogP contribution in [0.15, 0.2) is 78.0 Å². The van der Waals surface area contributed by atoms with Crippen molar-refractivity contribution in [2.24, 2.45) is 0 Å². The summed E-state index contributed by atoms with van der Waals surface area (Å²) in [6.45, 7) is 3.17. The molecular formula is C26H24N4O4S. The number of carbonyl (C=O) groups is 1. The van der Waals surface area contributed by atoms with Crippen molar-refractivity contribution >= 4 is 23.4 Å². The van der Waals surface area contributed by atoms with Crippen LogP contribution in [-0.4, -0.2) is 39.8 Å². The number of para-hydroxylation sites is 2. The van der Waals surface area contributed by atoms with Crippen molar-refractivity contribution in [2.75, 3.05) is 24.5 Å². The van der Waals surface area contributed by atoms with Crippen molar-refractivity contribution in [1.82, 2.24) is 14.8 Å². The summed E-state index contributed by atoms with van der Waals surface area (Å²) in [5, 5.41) is 12.4. The molecule has 0 radical (unpaired) electrons. The van der Waals surface area contributed by atoms with Gasteiger partial charge in [-0.25, -0.2) is 0 Å². The highest BCUT2D eigenvalue weighted by molar-refractivity contribution is 7.99. The molecule has 1 aromatic heterocycles. The molecule has 1 N–H and O–H groups in total. The van der Waals surface area contributed by atoms with Gasteiger partial charge >= 0.3 is 0 Å². The smallest absolute Gasteiger partial charge is 0.234 e. The lowest BCUT2D eigenvalue weighted by Crippen LogP contribution is -2.15. The highest BCUT2D eigenvalue weighted by Gasteiger charge is 2.19. The Morgan fingerprint density at radius 1 is 1.03 bits per heavy atom. The standard InChI is InChI=1S/C26H24N4O4S/c1-2-32-21-11-7-6-10-20(21)27-24(31)16-35-26-29-28-25(19-8-4-3-5-9-19)30(26)15-18-12-13-22-23(14-18)34-17-33-22/h3-14H,2,15-17H2,1H3,(H,27,31). The van der Waals surface area contributed by atoms with Gasteiger partial charge < -0.3 is 19.5 Å². The van der Waals surface area contributed by atoms with E-state index in [-0.39, 0.29) is 18.5 Å². The Bertz CT molecular complexity index is 1330. The molecule has 35 heavy (non-hydrogen) atoms. The molecule has 178 valence electrons. The van der Waals surface area contributed by atoms with Crippen molar-refractivity contribution < 1.29 is 19.0 Å². The van der Waals surface area contributed by atoms with E-state index in [1.165, 1.54) is 11.8 Å². The van der Waals surface area contributed by atoms with E-state index < -0.39 is 0 Å². The van der Waals surface area contributed by atoms with Gasteiger partial charge in [-0.2, -0.15) is 0 Å². The number of thioether (sulfide) groups is 1. The summed E-state index contributed by atoms with van der Waals surface area (Å²) in [6, 6.07) is 23.1. The minimum absolute atomic E-state index is 0.152. The van der Waals surface area contributed by atoms with E-state index in [2.05, 4.69) is 15.5 Å². The van der Waals surface area contributed by atoms with Crippen LogP contribution in [0.2, 0.25) is 0 Å². The number of hydrogen-bond acceptors (Lipinski definition) is 7. The Morgan fingerprint density at radius 2 is 1.83 bits per heavy atom. The summed E-state index contributed by atoms with van der Waals surface area (Å²) in [7, 11) is 0. The summed E-state index contributed by atoms with van der Waals surface area (Å²) < 4.78 is 18.6. The number of nitrogens with one attached hydrogen (secondary N) is 1. The number of fused-ring (bicyclic) bond motifs is 1. The van der Waals surface area contributed by atoms with E-state index >= 15 is 0 Å². The monoisotopic (exact) mass is 488 g/mol. The van der Waals surface area contributed by atoms with Crippen LogP contribution in [0.25, 0.3) is 11.4 Å². The van der Waals surface area contributed by atoms with Gasteiger partial charge in [0.15, 0.2) is 22.5 Å². The molecule has 1 aliphatic rings. The third kappa shape index (κ3) is 5.25. The molecule has 5 rings (SSSR count). The SMILES string of the molecule is CCOc1ccccc1NC(=O)CSc1nnc(-c2ccccc2)n1Cc1ccc2c(c1)OCO2. The highest BCUT2D eigenvalue weighted by atomic mass is 32.2. The van der Waals surface area contributed by atoms with Crippen molar-refractivity contribution in [3.8, 4) is 28.6 Å². The average molecular weight is 489 g/mol. The molecular weight excluding hydrogens is 464 g/mol. The molecule has 0 unspecified atom stereocenters. The van der Waals surface area contributed by atoms with Crippen LogP contribution in [0.5, 0.6) is 17.2 Å². The summed E-state index contributed by atoms with van der Waals surface area (Å²) in [4.78, 5) is 12.7. The van der Waals surface area contributed by atoms with Gasteiger partial charge in [-0.05, 0) is 36.8 Å². The number of ether oxygens (including phenoxy) is 3. The minimum Gasteiger partial charge on any atom is -0.492 e. The first-order valence-corrected chi connectivity index (χ1v) is 12.2. The van der Waals surface area contributed by atoms with Crippen molar-refractivity contribution in [3.05, 3.63) is 78.4 Å². The summed E-state index contributed by atoms with van der Waals surface area (Å²) >= 11 is 1.33. The Kier molecular flexibility index (Phi) is 6.85. The second-order valence-corrected chi connectivity index (χ2v) is 8.65. The third-order valence-electron chi connectivity index (χ3n) is 5.32. The van der Waals surface area contributed by atoms with E-state index in [1.807, 2.05) is 84.3 Å². The molecule has 0 spiro atoms. The number of nitrogens with zero attached hydrogens (tertiary/aromatic N) is 3. The minimum atomic E-state index is -0.152. The van der Waals surface area contributed by atoms with Crippen LogP contribution >= 0.6 is 11.8 Å². The second kappa shape index (κ2) is 10.5. The molecule has 0 saturated carbocycles. The molecule has 8 nitrogen and oxygen atoms in total. The maximum atomic E-state index is 12.7. The highest BCUT2D eigenvalue weighted by Crippen LogP contribution is 2.34. The van der Waals surface area contributed by atoms with Gasteiger partial charge in [0.25, 0.3) is 0 Å². The van der Waals surface area contributed by atoms with E-state index in [4.69, 9.17) is 14.2 Å². The zero-order valence-electron chi connectivity index (χ0n) is 19.1. The van der Waals surface area contributed by atoms with E-state index in [9.17, 15) is 4.79 Å². The van der Waals surface area contributed by atoms with Gasteiger partial charge in [0.05, 0.1) is 24.6 Å². The number of rotatable bonds is 9. The van der Waals surface area contributed by atoms with Gasteiger partial charge in [-0.3, -0.25) is 9.36 Å². The molecule has 1 amide bonds. The molecule has 0 atom stereocenters. The number of anilines is 1. The van der Waals surface area contributed by atoms with Crippen LogP contribution in [0.3, 0.4) is 0 Å². The zero-order chi connectivity index (χ0) is 24.0. The first-order valence-electron chi connectivity index (χ1n) is 11.2. The van der Waals surface area contributed by atoms with Crippen LogP contribution in [-0.2, 0) is 11.3 Å². The quantitative estimate of drug-likeness (QED) is 0.337. The molecule has 0 saturated heterocycles. The fourth-order valence-corrected chi connectivity index (χ4v) is 4.47. The first-order chi connectivity index (χ1) is 17.2. The predicted molar refractivity (Wildman–Crippen MR) is 134 cm³/mol. The van der Waals surface area contributed by atoms with E-state index in [0.717, 1.165) is 28.5 Å². The van der Waals surface area contributed by atoms with Crippen LogP contribution in [0.4, 0.5) is 5.69 Å². The zero-order valence-corrected chi connectivity index (χ0v) is 20.0.